The number of aliphatic imine (C=N–C) groups is 1. The van der Waals surface area contributed by atoms with Gasteiger partial charge in [-0.2, -0.15) is 0 Å². The highest BCUT2D eigenvalue weighted by atomic mass is 14.8. The third-order valence-electron chi connectivity index (χ3n) is 3.42. The quantitative estimate of drug-likeness (QED) is 0.674. The Morgan fingerprint density at radius 3 is 2.67 bits per heavy atom. The third-order valence-corrected chi connectivity index (χ3v) is 3.42. The van der Waals surface area contributed by atoms with Crippen molar-refractivity contribution in [2.45, 2.75) is 39.2 Å². The van der Waals surface area contributed by atoms with Crippen molar-refractivity contribution >= 4 is 17.9 Å². The topological polar surface area (TPSA) is 12.4 Å². The monoisotopic (exact) mass is 239 g/mol. The van der Waals surface area contributed by atoms with E-state index in [1.54, 1.807) is 0 Å². The van der Waals surface area contributed by atoms with Crippen molar-refractivity contribution in [2.75, 3.05) is 0 Å². The van der Waals surface area contributed by atoms with Gasteiger partial charge in [0.1, 0.15) is 0 Å². The Morgan fingerprint density at radius 1 is 1.33 bits per heavy atom. The van der Waals surface area contributed by atoms with Gasteiger partial charge in [0, 0.05) is 12.3 Å². The molecule has 2 rings (SSSR count). The molecule has 0 amide bonds. The number of rotatable bonds is 4. The zero-order chi connectivity index (χ0) is 13.0. The van der Waals surface area contributed by atoms with E-state index in [-0.39, 0.29) is 0 Å². The molecule has 94 valence electrons. The lowest BCUT2D eigenvalue weighted by Gasteiger charge is -2.20. The molecule has 0 atom stereocenters. The zero-order valence-electron chi connectivity index (χ0n) is 11.3. The van der Waals surface area contributed by atoms with E-state index in [1.807, 2.05) is 20.1 Å². The summed E-state index contributed by atoms with van der Waals surface area (Å²) in [5.74, 6) is 0. The Balaban J connectivity index is 2.27. The highest BCUT2D eigenvalue weighted by Crippen LogP contribution is 2.23. The molecule has 1 aromatic carbocycles. The summed E-state index contributed by atoms with van der Waals surface area (Å²) in [5.41, 5.74) is 4.72. The van der Waals surface area contributed by atoms with Crippen molar-refractivity contribution in [1.29, 1.82) is 0 Å². The predicted octanol–water partition coefficient (Wildman–Crippen LogP) is 4.72. The molecule has 1 heteroatoms. The zero-order valence-corrected chi connectivity index (χ0v) is 11.3. The fraction of sp³-hybridized carbons (Fsp3) is 0.353. The number of nitrogens with zero attached hydrogens (tertiary/aromatic N) is 1. The van der Waals surface area contributed by atoms with Crippen LogP contribution in [0.5, 0.6) is 0 Å². The molecule has 0 saturated heterocycles. The average Bonchev–Trinajstić information content (AvgIpc) is 2.29. The first-order chi connectivity index (χ1) is 8.70. The van der Waals surface area contributed by atoms with Gasteiger partial charge in [0.15, 0.2) is 0 Å². The number of hydrogen-bond acceptors (Lipinski definition) is 1. The summed E-state index contributed by atoms with van der Waals surface area (Å²) in [6.07, 6.45) is 10.1. The van der Waals surface area contributed by atoms with Crippen LogP contribution < -0.4 is 0 Å². The summed E-state index contributed by atoms with van der Waals surface area (Å²) < 4.78 is 0. The minimum Gasteiger partial charge on any atom is -0.289 e. The predicted molar refractivity (Wildman–Crippen MR) is 81.1 cm³/mol. The van der Waals surface area contributed by atoms with E-state index >= 15 is 0 Å². The second-order valence-electron chi connectivity index (χ2n) is 4.99. The summed E-state index contributed by atoms with van der Waals surface area (Å²) in [7, 11) is 0. The van der Waals surface area contributed by atoms with Crippen LogP contribution in [0, 0.1) is 0 Å². The van der Waals surface area contributed by atoms with Crippen LogP contribution in [0.1, 0.15) is 49.8 Å². The number of allylic oxidation sites excluding steroid dienone is 2. The standard InChI is InChI=1S/C17H21N/c1-4-6-15-11-14(13(2)3)9-10-16(15)12-18-17-7-5-8-17/h4,6,9-12,17H,2,5,7-8H2,1,3H3/b6-4-,18-12?. The van der Waals surface area contributed by atoms with Crippen molar-refractivity contribution in [2.24, 2.45) is 4.99 Å². The highest BCUT2D eigenvalue weighted by molar-refractivity contribution is 5.86. The fourth-order valence-corrected chi connectivity index (χ4v) is 2.00. The van der Waals surface area contributed by atoms with E-state index in [9.17, 15) is 0 Å². The van der Waals surface area contributed by atoms with Crippen molar-refractivity contribution in [3.63, 3.8) is 0 Å². The van der Waals surface area contributed by atoms with Crippen molar-refractivity contribution in [3.8, 4) is 0 Å². The second-order valence-corrected chi connectivity index (χ2v) is 4.99. The van der Waals surface area contributed by atoms with Crippen LogP contribution in [0.2, 0.25) is 0 Å². The van der Waals surface area contributed by atoms with Crippen LogP contribution in [0.3, 0.4) is 0 Å². The SMILES string of the molecule is C=C(C)c1ccc(C=NC2CCC2)c(/C=C\C)c1. The van der Waals surface area contributed by atoms with Gasteiger partial charge >= 0.3 is 0 Å². The molecule has 18 heavy (non-hydrogen) atoms. The van der Waals surface area contributed by atoms with Crippen molar-refractivity contribution < 1.29 is 0 Å². The van der Waals surface area contributed by atoms with E-state index in [0.717, 1.165) is 5.57 Å². The maximum absolute atomic E-state index is 4.64. The molecule has 1 aliphatic rings. The fourth-order valence-electron chi connectivity index (χ4n) is 2.00. The third kappa shape index (κ3) is 2.98. The lowest BCUT2D eigenvalue weighted by atomic mass is 9.94. The first-order valence-electron chi connectivity index (χ1n) is 6.66. The Kier molecular flexibility index (Phi) is 4.14. The summed E-state index contributed by atoms with van der Waals surface area (Å²) >= 11 is 0. The summed E-state index contributed by atoms with van der Waals surface area (Å²) in [5, 5.41) is 0. The van der Waals surface area contributed by atoms with Gasteiger partial charge in [0.05, 0.1) is 0 Å². The lowest BCUT2D eigenvalue weighted by Crippen LogP contribution is -2.14. The van der Waals surface area contributed by atoms with Crippen LogP contribution in [0.25, 0.3) is 11.6 Å². The van der Waals surface area contributed by atoms with Crippen LogP contribution in [0.15, 0.2) is 35.8 Å². The van der Waals surface area contributed by atoms with Crippen molar-refractivity contribution in [1.82, 2.24) is 0 Å². The summed E-state index contributed by atoms with van der Waals surface area (Å²) in [4.78, 5) is 4.64. The molecule has 1 nitrogen and oxygen atoms in total. The molecule has 0 spiro atoms. The van der Waals surface area contributed by atoms with E-state index in [1.165, 1.54) is 36.0 Å². The van der Waals surface area contributed by atoms with Gasteiger partial charge < -0.3 is 0 Å². The number of benzene rings is 1. The summed E-state index contributed by atoms with van der Waals surface area (Å²) in [6, 6.07) is 7.01. The van der Waals surface area contributed by atoms with E-state index in [4.69, 9.17) is 0 Å². The molecular weight excluding hydrogens is 218 g/mol. The molecule has 0 bridgehead atoms. The van der Waals surface area contributed by atoms with E-state index in [0.29, 0.717) is 6.04 Å². The minimum absolute atomic E-state index is 0.560. The molecule has 0 N–H and O–H groups in total. The van der Waals surface area contributed by atoms with Crippen LogP contribution >= 0.6 is 0 Å². The molecule has 1 saturated carbocycles. The van der Waals surface area contributed by atoms with Gasteiger partial charge in [-0.25, -0.2) is 0 Å². The number of hydrogen-bond donors (Lipinski definition) is 0. The lowest BCUT2D eigenvalue weighted by molar-refractivity contribution is 0.421. The van der Waals surface area contributed by atoms with Gasteiger partial charge in [0.25, 0.3) is 0 Å². The van der Waals surface area contributed by atoms with Gasteiger partial charge in [-0.05, 0) is 55.9 Å². The average molecular weight is 239 g/mol. The maximum atomic E-state index is 4.64. The molecular formula is C17H21N. The molecule has 0 aliphatic heterocycles. The van der Waals surface area contributed by atoms with Crippen molar-refractivity contribution in [3.05, 3.63) is 47.5 Å². The molecule has 1 aromatic rings. The Labute approximate surface area is 110 Å². The van der Waals surface area contributed by atoms with Gasteiger partial charge in [-0.15, -0.1) is 0 Å². The highest BCUT2D eigenvalue weighted by Gasteiger charge is 2.14. The normalized spacial score (nSPS) is 16.3. The van der Waals surface area contributed by atoms with Gasteiger partial charge in [-0.1, -0.05) is 36.4 Å². The Bertz CT molecular complexity index is 490. The van der Waals surface area contributed by atoms with E-state index in [2.05, 4.69) is 41.9 Å². The van der Waals surface area contributed by atoms with Crippen LogP contribution in [0.4, 0.5) is 0 Å². The summed E-state index contributed by atoms with van der Waals surface area (Å²) in [6.45, 7) is 8.08. The Morgan fingerprint density at radius 2 is 2.11 bits per heavy atom. The first kappa shape index (κ1) is 12.8. The first-order valence-corrected chi connectivity index (χ1v) is 6.66. The van der Waals surface area contributed by atoms with Gasteiger partial charge in [-0.3, -0.25) is 4.99 Å². The largest absolute Gasteiger partial charge is 0.289 e. The van der Waals surface area contributed by atoms with E-state index < -0.39 is 0 Å². The maximum Gasteiger partial charge on any atom is 0.0499 e. The minimum atomic E-state index is 0.560. The second kappa shape index (κ2) is 5.81. The molecule has 1 fully saturated rings. The van der Waals surface area contributed by atoms with Gasteiger partial charge in [0.2, 0.25) is 0 Å². The smallest absolute Gasteiger partial charge is 0.0499 e. The molecule has 1 aliphatic carbocycles. The molecule has 0 aromatic heterocycles. The molecule has 0 unspecified atom stereocenters. The molecule has 0 heterocycles. The van der Waals surface area contributed by atoms with Crippen LogP contribution in [-0.2, 0) is 0 Å². The van der Waals surface area contributed by atoms with Crippen LogP contribution in [-0.4, -0.2) is 12.3 Å². The molecule has 0 radical (unpaired) electrons. The Hall–Kier alpha value is -1.63.